The van der Waals surface area contributed by atoms with Gasteiger partial charge >= 0.3 is 0 Å². The van der Waals surface area contributed by atoms with Gasteiger partial charge in [0.05, 0.1) is 19.8 Å². The van der Waals surface area contributed by atoms with Gasteiger partial charge < -0.3 is 13.9 Å². The molecule has 4 heteroatoms. The van der Waals surface area contributed by atoms with Gasteiger partial charge in [0.25, 0.3) is 5.95 Å². The molecule has 0 radical (unpaired) electrons. The highest BCUT2D eigenvalue weighted by molar-refractivity contribution is 6.69. The summed E-state index contributed by atoms with van der Waals surface area (Å²) in [5, 5.41) is 0. The molecule has 0 aromatic carbocycles. The normalized spacial score (nSPS) is 12.2. The van der Waals surface area contributed by atoms with E-state index in [1.54, 1.807) is 13.2 Å². The molecule has 0 bridgehead atoms. The Morgan fingerprint density at radius 3 is 2.29 bits per heavy atom. The first-order chi connectivity index (χ1) is 6.39. The summed E-state index contributed by atoms with van der Waals surface area (Å²) in [6.45, 7) is 12.5. The summed E-state index contributed by atoms with van der Waals surface area (Å²) in [5.41, 5.74) is 0. The second kappa shape index (κ2) is 5.75. The molecule has 82 valence electrons. The van der Waals surface area contributed by atoms with Crippen LogP contribution in [0.2, 0.25) is 19.6 Å². The third kappa shape index (κ3) is 6.60. The van der Waals surface area contributed by atoms with Crippen LogP contribution in [0.3, 0.4) is 0 Å². The van der Waals surface area contributed by atoms with Crippen molar-refractivity contribution in [3.05, 3.63) is 24.4 Å². The summed E-state index contributed by atoms with van der Waals surface area (Å²) in [7, 11) is -0.0607. The summed E-state index contributed by atoms with van der Waals surface area (Å²) in [6.07, 6.45) is 1.67. The second-order valence-electron chi connectivity index (χ2n) is 3.78. The standard InChI is InChI=1S/C10H20O3Si/c1-7-12-10(8-9(2)11-3)13-14(4,5)6/h8H,2,7H2,1,3-6H3/b10-8-. The number of hydrogen-bond donors (Lipinski definition) is 0. The molecule has 0 N–H and O–H groups in total. The van der Waals surface area contributed by atoms with Crippen molar-refractivity contribution in [3.8, 4) is 0 Å². The maximum Gasteiger partial charge on any atom is 0.269 e. The Kier molecular flexibility index (Phi) is 5.38. The molecule has 0 saturated heterocycles. The molecule has 0 saturated carbocycles. The first-order valence-electron chi connectivity index (χ1n) is 4.65. The fraction of sp³-hybridized carbons (Fsp3) is 0.600. The van der Waals surface area contributed by atoms with Gasteiger partial charge in [-0.2, -0.15) is 0 Å². The highest BCUT2D eigenvalue weighted by atomic mass is 28.4. The lowest BCUT2D eigenvalue weighted by Gasteiger charge is -2.21. The van der Waals surface area contributed by atoms with Crippen LogP contribution in [-0.4, -0.2) is 22.0 Å². The van der Waals surface area contributed by atoms with Crippen molar-refractivity contribution in [3.63, 3.8) is 0 Å². The first kappa shape index (κ1) is 13.1. The molecule has 0 unspecified atom stereocenters. The molecule has 3 nitrogen and oxygen atoms in total. The lowest BCUT2D eigenvalue weighted by atomic mass is 10.5. The van der Waals surface area contributed by atoms with Crippen molar-refractivity contribution in [2.45, 2.75) is 26.6 Å². The molecule has 0 aliphatic carbocycles. The largest absolute Gasteiger partial charge is 0.520 e. The Hall–Kier alpha value is -0.903. The molecule has 0 rings (SSSR count). The van der Waals surface area contributed by atoms with E-state index in [0.29, 0.717) is 18.3 Å². The molecule has 0 amide bonds. The zero-order valence-electron chi connectivity index (χ0n) is 9.72. The maximum atomic E-state index is 5.69. The van der Waals surface area contributed by atoms with Crippen LogP contribution in [0.25, 0.3) is 0 Å². The predicted molar refractivity (Wildman–Crippen MR) is 60.3 cm³/mol. The van der Waals surface area contributed by atoms with Gasteiger partial charge in [-0.3, -0.25) is 0 Å². The Morgan fingerprint density at radius 1 is 1.36 bits per heavy atom. The van der Waals surface area contributed by atoms with E-state index in [1.165, 1.54) is 0 Å². The van der Waals surface area contributed by atoms with E-state index < -0.39 is 8.32 Å². The molecule has 0 atom stereocenters. The fourth-order valence-electron chi connectivity index (χ4n) is 0.735. The van der Waals surface area contributed by atoms with Crippen LogP contribution in [0.15, 0.2) is 24.4 Å². The first-order valence-corrected chi connectivity index (χ1v) is 8.06. The molecular weight excluding hydrogens is 196 g/mol. The summed E-state index contributed by atoms with van der Waals surface area (Å²) < 4.78 is 15.9. The average molecular weight is 216 g/mol. The smallest absolute Gasteiger partial charge is 0.269 e. The summed E-state index contributed by atoms with van der Waals surface area (Å²) in [5.74, 6) is 1.03. The van der Waals surface area contributed by atoms with Crippen molar-refractivity contribution in [2.24, 2.45) is 0 Å². The van der Waals surface area contributed by atoms with Gasteiger partial charge in [-0.1, -0.05) is 6.58 Å². The van der Waals surface area contributed by atoms with Crippen molar-refractivity contribution in [1.29, 1.82) is 0 Å². The monoisotopic (exact) mass is 216 g/mol. The Morgan fingerprint density at radius 2 is 1.93 bits per heavy atom. The van der Waals surface area contributed by atoms with E-state index in [1.807, 2.05) is 6.92 Å². The topological polar surface area (TPSA) is 27.7 Å². The number of allylic oxidation sites excluding steroid dienone is 1. The van der Waals surface area contributed by atoms with Gasteiger partial charge in [-0.15, -0.1) is 0 Å². The molecular formula is C10H20O3Si. The van der Waals surface area contributed by atoms with E-state index >= 15 is 0 Å². The molecule has 0 aromatic rings. The van der Waals surface area contributed by atoms with E-state index in [2.05, 4.69) is 26.2 Å². The van der Waals surface area contributed by atoms with Gasteiger partial charge in [-0.05, 0) is 26.6 Å². The summed E-state index contributed by atoms with van der Waals surface area (Å²) in [4.78, 5) is 0. The fourth-order valence-corrected chi connectivity index (χ4v) is 1.46. The Bertz CT molecular complexity index is 216. The number of ether oxygens (including phenoxy) is 2. The highest BCUT2D eigenvalue weighted by Gasteiger charge is 2.18. The van der Waals surface area contributed by atoms with Crippen LogP contribution in [0.4, 0.5) is 0 Å². The maximum absolute atomic E-state index is 5.69. The number of hydrogen-bond acceptors (Lipinski definition) is 3. The minimum atomic E-state index is -1.63. The van der Waals surface area contributed by atoms with E-state index in [-0.39, 0.29) is 0 Å². The van der Waals surface area contributed by atoms with Crippen molar-refractivity contribution in [2.75, 3.05) is 13.7 Å². The van der Waals surface area contributed by atoms with Gasteiger partial charge in [0, 0.05) is 0 Å². The molecule has 0 aliphatic rings. The molecule has 0 fully saturated rings. The number of rotatable bonds is 6. The predicted octanol–water partition coefficient (Wildman–Crippen LogP) is 2.88. The van der Waals surface area contributed by atoms with Crippen molar-refractivity contribution >= 4 is 8.32 Å². The summed E-state index contributed by atoms with van der Waals surface area (Å²) >= 11 is 0. The van der Waals surface area contributed by atoms with Crippen LogP contribution in [-0.2, 0) is 13.9 Å². The van der Waals surface area contributed by atoms with Crippen LogP contribution >= 0.6 is 0 Å². The van der Waals surface area contributed by atoms with Crippen LogP contribution < -0.4 is 0 Å². The average Bonchev–Trinajstić information content (AvgIpc) is 2.01. The van der Waals surface area contributed by atoms with Crippen molar-refractivity contribution < 1.29 is 13.9 Å². The van der Waals surface area contributed by atoms with Gasteiger partial charge in [0.1, 0.15) is 5.76 Å². The quantitative estimate of drug-likeness (QED) is 0.388. The zero-order valence-corrected chi connectivity index (χ0v) is 10.7. The minimum Gasteiger partial charge on any atom is -0.520 e. The number of methoxy groups -OCH3 is 1. The van der Waals surface area contributed by atoms with Crippen LogP contribution in [0, 0.1) is 0 Å². The molecule has 0 spiro atoms. The van der Waals surface area contributed by atoms with E-state index in [4.69, 9.17) is 13.9 Å². The third-order valence-corrected chi connectivity index (χ3v) is 2.05. The molecule has 14 heavy (non-hydrogen) atoms. The lowest BCUT2D eigenvalue weighted by molar-refractivity contribution is 0.110. The van der Waals surface area contributed by atoms with Gasteiger partial charge in [0.2, 0.25) is 8.32 Å². The molecule has 0 aliphatic heterocycles. The minimum absolute atomic E-state index is 0.499. The van der Waals surface area contributed by atoms with Crippen molar-refractivity contribution in [1.82, 2.24) is 0 Å². The Balaban J connectivity index is 4.43. The van der Waals surface area contributed by atoms with E-state index in [9.17, 15) is 0 Å². The Labute approximate surface area is 87.5 Å². The lowest BCUT2D eigenvalue weighted by Crippen LogP contribution is -2.25. The highest BCUT2D eigenvalue weighted by Crippen LogP contribution is 2.13. The molecule has 0 heterocycles. The van der Waals surface area contributed by atoms with Crippen LogP contribution in [0.1, 0.15) is 6.92 Å². The van der Waals surface area contributed by atoms with Gasteiger partial charge in [0.15, 0.2) is 0 Å². The third-order valence-electron chi connectivity index (χ3n) is 1.23. The van der Waals surface area contributed by atoms with E-state index in [0.717, 1.165) is 0 Å². The SMILES string of the molecule is C=C(/C=C(/OCC)O[Si](C)(C)C)OC. The second-order valence-corrected chi connectivity index (χ2v) is 8.21. The molecule has 0 aromatic heterocycles. The van der Waals surface area contributed by atoms with Gasteiger partial charge in [-0.25, -0.2) is 0 Å². The summed E-state index contributed by atoms with van der Waals surface area (Å²) in [6, 6.07) is 0. The zero-order chi connectivity index (χ0) is 11.2. The van der Waals surface area contributed by atoms with Crippen LogP contribution in [0.5, 0.6) is 0 Å².